The predicted octanol–water partition coefficient (Wildman–Crippen LogP) is 3.69. The Labute approximate surface area is 188 Å². The molecule has 31 heavy (non-hydrogen) atoms. The van der Waals surface area contributed by atoms with Gasteiger partial charge in [-0.2, -0.15) is 4.31 Å². The summed E-state index contributed by atoms with van der Waals surface area (Å²) in [5.41, 5.74) is 5.78. The number of nitrogens with one attached hydrogen (secondary N) is 1. The minimum Gasteiger partial charge on any atom is -0.369 e. The van der Waals surface area contributed by atoms with Crippen molar-refractivity contribution in [1.82, 2.24) is 4.31 Å². The van der Waals surface area contributed by atoms with E-state index in [9.17, 15) is 18.0 Å². The third kappa shape index (κ3) is 4.31. The van der Waals surface area contributed by atoms with Gasteiger partial charge in [0, 0.05) is 34.8 Å². The number of thiophene rings is 1. The Morgan fingerprint density at radius 3 is 2.32 bits per heavy atom. The molecular formula is C21H20ClN3O4S2. The van der Waals surface area contributed by atoms with E-state index in [1.807, 2.05) is 24.3 Å². The minimum atomic E-state index is -3.68. The lowest BCUT2D eigenvalue weighted by Crippen LogP contribution is -2.41. The molecule has 162 valence electrons. The number of fused-ring (bicyclic) bond motifs is 1. The molecule has 0 spiro atoms. The van der Waals surface area contributed by atoms with Gasteiger partial charge in [0.1, 0.15) is 4.88 Å². The van der Waals surface area contributed by atoms with Crippen LogP contribution in [-0.2, 0) is 14.8 Å². The number of carbonyl (C=O) groups excluding carboxylic acids is 2. The zero-order chi connectivity index (χ0) is 22.2. The molecule has 7 nitrogen and oxygen atoms in total. The summed E-state index contributed by atoms with van der Waals surface area (Å²) in [4.78, 5) is 24.5. The lowest BCUT2D eigenvalue weighted by Gasteiger charge is -2.29. The lowest BCUT2D eigenvalue weighted by atomic mass is 9.98. The number of amides is 2. The fraction of sp³-hybridized carbons (Fsp3) is 0.238. The van der Waals surface area contributed by atoms with E-state index in [1.165, 1.54) is 27.8 Å². The third-order valence-electron chi connectivity index (χ3n) is 5.35. The highest BCUT2D eigenvalue weighted by Crippen LogP contribution is 2.35. The van der Waals surface area contributed by atoms with Crippen molar-refractivity contribution < 1.29 is 18.0 Å². The summed E-state index contributed by atoms with van der Waals surface area (Å²) in [6.45, 7) is 0.498. The molecule has 3 N–H and O–H groups in total. The van der Waals surface area contributed by atoms with Gasteiger partial charge in [-0.25, -0.2) is 8.42 Å². The van der Waals surface area contributed by atoms with Crippen LogP contribution in [0, 0.1) is 5.92 Å². The molecule has 0 unspecified atom stereocenters. The van der Waals surface area contributed by atoms with Crippen molar-refractivity contribution in [2.75, 3.05) is 18.4 Å². The normalized spacial score (nSPS) is 15.8. The Bertz CT molecular complexity index is 1250. The average molecular weight is 478 g/mol. The van der Waals surface area contributed by atoms with Crippen LogP contribution < -0.4 is 11.1 Å². The molecule has 0 atom stereocenters. The quantitative estimate of drug-likeness (QED) is 0.583. The zero-order valence-electron chi connectivity index (χ0n) is 16.4. The standard InChI is InChI=1S/C21H20ClN3O4S2/c22-18-16-3-1-2-4-17(16)30-19(18)21(27)24-14-5-7-15(8-6-14)31(28,29)25-11-9-13(10-12-25)20(23)26/h1-8,13H,9-12H2,(H2,23,26)(H,24,27). The van der Waals surface area contributed by atoms with E-state index in [2.05, 4.69) is 5.32 Å². The molecule has 1 aliphatic heterocycles. The number of rotatable bonds is 5. The van der Waals surface area contributed by atoms with Crippen molar-refractivity contribution >= 4 is 60.5 Å². The first-order valence-electron chi connectivity index (χ1n) is 9.65. The van der Waals surface area contributed by atoms with Crippen LogP contribution in [-0.4, -0.2) is 37.6 Å². The van der Waals surface area contributed by atoms with Gasteiger partial charge in [0.2, 0.25) is 15.9 Å². The highest BCUT2D eigenvalue weighted by Gasteiger charge is 2.31. The zero-order valence-corrected chi connectivity index (χ0v) is 18.8. The van der Waals surface area contributed by atoms with Crippen molar-refractivity contribution in [2.45, 2.75) is 17.7 Å². The summed E-state index contributed by atoms with van der Waals surface area (Å²) >= 11 is 7.66. The summed E-state index contributed by atoms with van der Waals surface area (Å²) in [5, 5.41) is 3.98. The van der Waals surface area contributed by atoms with Gasteiger partial charge < -0.3 is 11.1 Å². The van der Waals surface area contributed by atoms with Crippen molar-refractivity contribution in [3.05, 3.63) is 58.4 Å². The predicted molar refractivity (Wildman–Crippen MR) is 122 cm³/mol. The van der Waals surface area contributed by atoms with Crippen LogP contribution in [0.25, 0.3) is 10.1 Å². The number of carbonyl (C=O) groups is 2. The summed E-state index contributed by atoms with van der Waals surface area (Å²) in [6.07, 6.45) is 0.831. The van der Waals surface area contributed by atoms with Crippen molar-refractivity contribution in [2.24, 2.45) is 11.7 Å². The van der Waals surface area contributed by atoms with Crippen LogP contribution in [0.1, 0.15) is 22.5 Å². The Morgan fingerprint density at radius 1 is 1.06 bits per heavy atom. The van der Waals surface area contributed by atoms with E-state index >= 15 is 0 Å². The van der Waals surface area contributed by atoms with Gasteiger partial charge >= 0.3 is 0 Å². The molecule has 0 saturated carbocycles. The topological polar surface area (TPSA) is 110 Å². The number of benzene rings is 2. The Hall–Kier alpha value is -2.46. The number of halogens is 1. The first kappa shape index (κ1) is 21.8. The minimum absolute atomic E-state index is 0.128. The molecule has 10 heteroatoms. The summed E-state index contributed by atoms with van der Waals surface area (Å²) in [5.74, 6) is -1.03. The van der Waals surface area contributed by atoms with Crippen LogP contribution in [0.4, 0.5) is 5.69 Å². The molecule has 2 amide bonds. The first-order chi connectivity index (χ1) is 14.8. The number of nitrogens with zero attached hydrogens (tertiary/aromatic N) is 1. The number of hydrogen-bond donors (Lipinski definition) is 2. The van der Waals surface area contributed by atoms with E-state index in [-0.39, 0.29) is 29.8 Å². The van der Waals surface area contributed by atoms with Crippen LogP contribution in [0.2, 0.25) is 5.02 Å². The SMILES string of the molecule is NC(=O)C1CCN(S(=O)(=O)c2ccc(NC(=O)c3sc4ccccc4c3Cl)cc2)CC1. The second-order valence-electron chi connectivity index (χ2n) is 7.30. The van der Waals surface area contributed by atoms with Crippen LogP contribution in [0.15, 0.2) is 53.4 Å². The van der Waals surface area contributed by atoms with E-state index in [0.717, 1.165) is 10.1 Å². The number of piperidine rings is 1. The Kier molecular flexibility index (Phi) is 6.02. The highest BCUT2D eigenvalue weighted by atomic mass is 35.5. The lowest BCUT2D eigenvalue weighted by molar-refractivity contribution is -0.122. The maximum Gasteiger partial charge on any atom is 0.267 e. The fourth-order valence-electron chi connectivity index (χ4n) is 3.59. The van der Waals surface area contributed by atoms with Gasteiger partial charge in [0.25, 0.3) is 5.91 Å². The summed E-state index contributed by atoms with van der Waals surface area (Å²) in [6, 6.07) is 13.5. The van der Waals surface area contributed by atoms with E-state index in [0.29, 0.717) is 28.4 Å². The van der Waals surface area contributed by atoms with Gasteiger partial charge in [-0.15, -0.1) is 11.3 Å². The first-order valence-corrected chi connectivity index (χ1v) is 12.3. The summed E-state index contributed by atoms with van der Waals surface area (Å²) < 4.78 is 28.0. The molecule has 1 saturated heterocycles. The smallest absolute Gasteiger partial charge is 0.267 e. The number of hydrogen-bond acceptors (Lipinski definition) is 5. The van der Waals surface area contributed by atoms with Crippen molar-refractivity contribution in [1.29, 1.82) is 0 Å². The van der Waals surface area contributed by atoms with E-state index < -0.39 is 15.9 Å². The number of nitrogens with two attached hydrogens (primary N) is 1. The van der Waals surface area contributed by atoms with Crippen LogP contribution in [0.5, 0.6) is 0 Å². The molecule has 4 rings (SSSR count). The monoisotopic (exact) mass is 477 g/mol. The maximum atomic E-state index is 12.9. The van der Waals surface area contributed by atoms with E-state index in [1.54, 1.807) is 12.1 Å². The number of anilines is 1. The molecule has 3 aromatic rings. The molecule has 0 radical (unpaired) electrons. The molecule has 1 fully saturated rings. The largest absolute Gasteiger partial charge is 0.369 e. The average Bonchev–Trinajstić information content (AvgIpc) is 3.11. The van der Waals surface area contributed by atoms with Gasteiger partial charge in [-0.05, 0) is 43.2 Å². The van der Waals surface area contributed by atoms with Crippen molar-refractivity contribution in [3.8, 4) is 0 Å². The number of primary amides is 1. The number of sulfonamides is 1. The Balaban J connectivity index is 1.47. The van der Waals surface area contributed by atoms with Gasteiger partial charge in [0.15, 0.2) is 0 Å². The molecule has 2 aromatic carbocycles. The van der Waals surface area contributed by atoms with E-state index in [4.69, 9.17) is 17.3 Å². The molecule has 1 aliphatic rings. The second kappa shape index (κ2) is 8.58. The van der Waals surface area contributed by atoms with Crippen LogP contribution in [0.3, 0.4) is 0 Å². The molecule has 1 aromatic heterocycles. The Morgan fingerprint density at radius 2 is 1.71 bits per heavy atom. The van der Waals surface area contributed by atoms with Gasteiger partial charge in [-0.1, -0.05) is 29.8 Å². The highest BCUT2D eigenvalue weighted by molar-refractivity contribution is 7.89. The fourth-order valence-corrected chi connectivity index (χ4v) is 6.47. The van der Waals surface area contributed by atoms with Crippen molar-refractivity contribution in [3.63, 3.8) is 0 Å². The molecule has 0 bridgehead atoms. The third-order valence-corrected chi connectivity index (χ3v) is 8.93. The molecule has 0 aliphatic carbocycles. The molecule has 2 heterocycles. The maximum absolute atomic E-state index is 12.9. The van der Waals surface area contributed by atoms with Crippen LogP contribution >= 0.6 is 22.9 Å². The second-order valence-corrected chi connectivity index (χ2v) is 10.7. The van der Waals surface area contributed by atoms with Gasteiger partial charge in [0.05, 0.1) is 9.92 Å². The summed E-state index contributed by atoms with van der Waals surface area (Å²) in [7, 11) is -3.68. The van der Waals surface area contributed by atoms with Gasteiger partial charge in [-0.3, -0.25) is 9.59 Å². The molecular weight excluding hydrogens is 458 g/mol.